The van der Waals surface area contributed by atoms with Gasteiger partial charge in [0, 0.05) is 18.9 Å². The van der Waals surface area contributed by atoms with Gasteiger partial charge in [-0.2, -0.15) is 0 Å². The summed E-state index contributed by atoms with van der Waals surface area (Å²) in [5.41, 5.74) is 1.09. The van der Waals surface area contributed by atoms with Crippen molar-refractivity contribution in [3.05, 3.63) is 29.8 Å². The van der Waals surface area contributed by atoms with Crippen molar-refractivity contribution in [1.82, 2.24) is 5.32 Å². The minimum atomic E-state index is -0.422. The number of rotatable bonds is 4. The number of benzene rings is 1. The number of amides is 1. The zero-order valence-corrected chi connectivity index (χ0v) is 10.5. The van der Waals surface area contributed by atoms with Crippen LogP contribution in [0.2, 0.25) is 0 Å². The van der Waals surface area contributed by atoms with Crippen LogP contribution in [0.25, 0.3) is 0 Å². The van der Waals surface area contributed by atoms with Crippen LogP contribution in [0.15, 0.2) is 24.3 Å². The summed E-state index contributed by atoms with van der Waals surface area (Å²) in [4.78, 5) is 12.1. The number of carbonyl (C=O) groups excluding carboxylic acids is 1. The Labute approximate surface area is 108 Å². The van der Waals surface area contributed by atoms with E-state index in [2.05, 4.69) is 11.2 Å². The maximum atomic E-state index is 12.1. The van der Waals surface area contributed by atoms with Crippen molar-refractivity contribution >= 4 is 5.91 Å². The molecule has 0 fully saturated rings. The molecule has 3 heteroatoms. The molecule has 0 saturated heterocycles. The summed E-state index contributed by atoms with van der Waals surface area (Å²) in [6, 6.07) is 7.78. The predicted octanol–water partition coefficient (Wildman–Crippen LogP) is 1.91. The van der Waals surface area contributed by atoms with Crippen LogP contribution < -0.4 is 10.1 Å². The van der Waals surface area contributed by atoms with Crippen LogP contribution >= 0.6 is 0 Å². The minimum absolute atomic E-state index is 0.0369. The van der Waals surface area contributed by atoms with Gasteiger partial charge in [-0.25, -0.2) is 0 Å². The summed E-state index contributed by atoms with van der Waals surface area (Å²) >= 11 is 0. The molecule has 0 aliphatic carbocycles. The van der Waals surface area contributed by atoms with E-state index in [9.17, 15) is 4.79 Å². The summed E-state index contributed by atoms with van der Waals surface area (Å²) in [5.74, 6) is 3.31. The lowest BCUT2D eigenvalue weighted by Crippen LogP contribution is -2.42. The lowest BCUT2D eigenvalue weighted by atomic mass is 10.1. The summed E-state index contributed by atoms with van der Waals surface area (Å²) < 4.78 is 5.63. The Hall–Kier alpha value is -1.95. The molecule has 0 spiro atoms. The van der Waals surface area contributed by atoms with E-state index < -0.39 is 6.10 Å². The summed E-state index contributed by atoms with van der Waals surface area (Å²) in [6.45, 7) is 2.01. The van der Waals surface area contributed by atoms with Crippen LogP contribution in [0.4, 0.5) is 0 Å². The van der Waals surface area contributed by atoms with Crippen molar-refractivity contribution in [2.45, 2.75) is 38.3 Å². The molecular weight excluding hydrogens is 226 g/mol. The molecule has 0 aromatic heterocycles. The third-order valence-corrected chi connectivity index (χ3v) is 3.14. The van der Waals surface area contributed by atoms with Gasteiger partial charge in [0.1, 0.15) is 5.75 Å². The van der Waals surface area contributed by atoms with Crippen LogP contribution in [0.3, 0.4) is 0 Å². The molecule has 1 N–H and O–H groups in total. The molecule has 1 amide bonds. The first-order valence-electron chi connectivity index (χ1n) is 6.23. The number of hydrogen-bond acceptors (Lipinski definition) is 2. The highest BCUT2D eigenvalue weighted by molar-refractivity contribution is 5.82. The van der Waals surface area contributed by atoms with Crippen molar-refractivity contribution in [3.63, 3.8) is 0 Å². The molecule has 2 unspecified atom stereocenters. The van der Waals surface area contributed by atoms with Gasteiger partial charge in [0.2, 0.25) is 0 Å². The fourth-order valence-electron chi connectivity index (χ4n) is 2.06. The molecular formula is C15H17NO2. The lowest BCUT2D eigenvalue weighted by molar-refractivity contribution is -0.127. The SMILES string of the molecule is C#CCC(CC)NC(=O)C1Cc2ccccc2O1. The molecule has 1 aromatic rings. The first-order chi connectivity index (χ1) is 8.74. The standard InChI is InChI=1S/C15H17NO2/c1-3-7-12(4-2)16-15(17)14-10-11-8-5-6-9-13(11)18-14/h1,5-6,8-9,12,14H,4,7,10H2,2H3,(H,16,17). The lowest BCUT2D eigenvalue weighted by Gasteiger charge is -2.17. The molecule has 1 heterocycles. The first kappa shape index (κ1) is 12.5. The minimum Gasteiger partial charge on any atom is -0.480 e. The Balaban J connectivity index is 1.95. The van der Waals surface area contributed by atoms with Gasteiger partial charge in [0.25, 0.3) is 5.91 Å². The van der Waals surface area contributed by atoms with Gasteiger partial charge >= 0.3 is 0 Å². The van der Waals surface area contributed by atoms with Crippen LogP contribution in [0, 0.1) is 12.3 Å². The molecule has 0 bridgehead atoms. The molecule has 18 heavy (non-hydrogen) atoms. The average molecular weight is 243 g/mol. The molecule has 94 valence electrons. The Morgan fingerprint density at radius 3 is 3.06 bits per heavy atom. The highest BCUT2D eigenvalue weighted by atomic mass is 16.5. The largest absolute Gasteiger partial charge is 0.480 e. The molecule has 0 saturated carbocycles. The number of hydrogen-bond donors (Lipinski definition) is 1. The molecule has 2 rings (SSSR count). The number of nitrogens with one attached hydrogen (secondary N) is 1. The van der Waals surface area contributed by atoms with Crippen LogP contribution in [-0.4, -0.2) is 18.1 Å². The highest BCUT2D eigenvalue weighted by Crippen LogP contribution is 2.28. The number of para-hydroxylation sites is 1. The van der Waals surface area contributed by atoms with E-state index in [1.807, 2.05) is 31.2 Å². The Morgan fingerprint density at radius 1 is 1.61 bits per heavy atom. The zero-order chi connectivity index (χ0) is 13.0. The smallest absolute Gasteiger partial charge is 0.261 e. The highest BCUT2D eigenvalue weighted by Gasteiger charge is 2.29. The molecule has 1 aromatic carbocycles. The third kappa shape index (κ3) is 2.65. The fraction of sp³-hybridized carbons (Fsp3) is 0.400. The Kier molecular flexibility index (Phi) is 3.88. The predicted molar refractivity (Wildman–Crippen MR) is 70.2 cm³/mol. The number of fused-ring (bicyclic) bond motifs is 1. The summed E-state index contributed by atoms with van der Waals surface area (Å²) in [6.07, 6.45) is 6.87. The van der Waals surface area contributed by atoms with Crippen molar-refractivity contribution in [2.75, 3.05) is 0 Å². The van der Waals surface area contributed by atoms with Crippen molar-refractivity contribution in [1.29, 1.82) is 0 Å². The Morgan fingerprint density at radius 2 is 2.39 bits per heavy atom. The van der Waals surface area contributed by atoms with E-state index in [1.54, 1.807) is 0 Å². The van der Waals surface area contributed by atoms with Crippen LogP contribution in [0.1, 0.15) is 25.3 Å². The van der Waals surface area contributed by atoms with Gasteiger partial charge in [-0.3, -0.25) is 4.79 Å². The van der Waals surface area contributed by atoms with E-state index in [0.717, 1.165) is 17.7 Å². The second-order valence-electron chi connectivity index (χ2n) is 4.44. The average Bonchev–Trinajstić information content (AvgIpc) is 2.82. The summed E-state index contributed by atoms with van der Waals surface area (Å²) in [5, 5.41) is 2.94. The van der Waals surface area contributed by atoms with Gasteiger partial charge in [0.05, 0.1) is 0 Å². The second-order valence-corrected chi connectivity index (χ2v) is 4.44. The number of ether oxygens (including phenoxy) is 1. The molecule has 3 nitrogen and oxygen atoms in total. The van der Waals surface area contributed by atoms with Gasteiger partial charge in [0.15, 0.2) is 6.10 Å². The quantitative estimate of drug-likeness (QED) is 0.820. The van der Waals surface area contributed by atoms with Gasteiger partial charge < -0.3 is 10.1 Å². The van der Waals surface area contributed by atoms with Crippen molar-refractivity contribution in [2.24, 2.45) is 0 Å². The van der Waals surface area contributed by atoms with Gasteiger partial charge in [-0.1, -0.05) is 25.1 Å². The van der Waals surface area contributed by atoms with E-state index in [4.69, 9.17) is 11.2 Å². The number of carbonyl (C=O) groups is 1. The van der Waals surface area contributed by atoms with Crippen LogP contribution in [0.5, 0.6) is 5.75 Å². The zero-order valence-electron chi connectivity index (χ0n) is 10.5. The van der Waals surface area contributed by atoms with Crippen molar-refractivity contribution < 1.29 is 9.53 Å². The number of terminal acetylenes is 1. The molecule has 0 radical (unpaired) electrons. The molecule has 2 atom stereocenters. The van der Waals surface area contributed by atoms with Gasteiger partial charge in [-0.15, -0.1) is 12.3 Å². The van der Waals surface area contributed by atoms with E-state index in [0.29, 0.717) is 12.8 Å². The Bertz CT molecular complexity index is 451. The topological polar surface area (TPSA) is 38.3 Å². The van der Waals surface area contributed by atoms with Crippen molar-refractivity contribution in [3.8, 4) is 18.1 Å². The molecule has 1 aliphatic heterocycles. The normalized spacial score (nSPS) is 18.3. The molecule has 1 aliphatic rings. The fourth-order valence-corrected chi connectivity index (χ4v) is 2.06. The summed E-state index contributed by atoms with van der Waals surface area (Å²) in [7, 11) is 0. The second kappa shape index (κ2) is 5.59. The van der Waals surface area contributed by atoms with Gasteiger partial charge in [-0.05, 0) is 18.1 Å². The van der Waals surface area contributed by atoms with E-state index in [1.165, 1.54) is 0 Å². The maximum Gasteiger partial charge on any atom is 0.261 e. The van der Waals surface area contributed by atoms with Crippen LogP contribution in [-0.2, 0) is 11.2 Å². The maximum absolute atomic E-state index is 12.1. The van der Waals surface area contributed by atoms with E-state index >= 15 is 0 Å². The monoisotopic (exact) mass is 243 g/mol. The van der Waals surface area contributed by atoms with E-state index in [-0.39, 0.29) is 11.9 Å². The third-order valence-electron chi connectivity index (χ3n) is 3.14. The first-order valence-corrected chi connectivity index (χ1v) is 6.23.